The molecule has 0 bridgehead atoms. The molecule has 3 rings (SSSR count). The van der Waals surface area contributed by atoms with Crippen molar-refractivity contribution in [2.75, 3.05) is 23.7 Å². The first-order chi connectivity index (χ1) is 9.70. The van der Waals surface area contributed by atoms with Crippen LogP contribution in [0.3, 0.4) is 0 Å². The molecule has 102 valence electrons. The van der Waals surface area contributed by atoms with Crippen LogP contribution < -0.4 is 10.6 Å². The second-order valence-corrected chi connectivity index (χ2v) is 4.78. The lowest BCUT2D eigenvalue weighted by atomic mass is 10.3. The monoisotopic (exact) mass is 271 g/mol. The van der Waals surface area contributed by atoms with E-state index in [2.05, 4.69) is 16.1 Å². The summed E-state index contributed by atoms with van der Waals surface area (Å²) in [6, 6.07) is 7.99. The Morgan fingerprint density at radius 3 is 2.45 bits per heavy atom. The number of hydrogen-bond donors (Lipinski definition) is 1. The predicted octanol–water partition coefficient (Wildman–Crippen LogP) is 2.07. The molecule has 1 fully saturated rings. The molecule has 0 atom stereocenters. The Morgan fingerprint density at radius 1 is 1.20 bits per heavy atom. The average molecular weight is 271 g/mol. The molecule has 1 saturated heterocycles. The van der Waals surface area contributed by atoms with Crippen LogP contribution in [0.15, 0.2) is 24.3 Å². The van der Waals surface area contributed by atoms with E-state index in [4.69, 9.17) is 5.73 Å². The topological polar surface area (TPSA) is 70.9 Å². The van der Waals surface area contributed by atoms with Gasteiger partial charge in [0.2, 0.25) is 0 Å². The predicted molar refractivity (Wildman–Crippen MR) is 74.1 cm³/mol. The van der Waals surface area contributed by atoms with E-state index in [1.54, 1.807) is 12.1 Å². The first-order valence-electron chi connectivity index (χ1n) is 6.50. The van der Waals surface area contributed by atoms with E-state index in [1.165, 1.54) is 16.8 Å². The third-order valence-corrected chi connectivity index (χ3v) is 3.49. The van der Waals surface area contributed by atoms with Crippen molar-refractivity contribution in [3.05, 3.63) is 35.6 Å². The number of nitrogens with two attached hydrogens (primary N) is 1. The minimum Gasteiger partial charge on any atom is -0.382 e. The number of hydrogen-bond acceptors (Lipinski definition) is 4. The normalized spacial score (nSPS) is 14.5. The van der Waals surface area contributed by atoms with Crippen molar-refractivity contribution in [3.63, 3.8) is 0 Å². The fourth-order valence-electron chi connectivity index (χ4n) is 2.46. The number of nitrogen functional groups attached to an aromatic ring is 1. The van der Waals surface area contributed by atoms with Gasteiger partial charge in [0.25, 0.3) is 0 Å². The minimum atomic E-state index is -0.320. The quantitative estimate of drug-likeness (QED) is 0.907. The van der Waals surface area contributed by atoms with Gasteiger partial charge in [-0.25, -0.2) is 9.07 Å². The molecule has 0 spiro atoms. The molecule has 0 saturated carbocycles. The van der Waals surface area contributed by atoms with E-state index in [-0.39, 0.29) is 5.82 Å². The number of aromatic nitrogens is 2. The number of halogens is 1. The van der Waals surface area contributed by atoms with Crippen molar-refractivity contribution in [1.82, 2.24) is 9.78 Å². The van der Waals surface area contributed by atoms with Crippen LogP contribution in [0.25, 0.3) is 5.69 Å². The van der Waals surface area contributed by atoms with Gasteiger partial charge in [0, 0.05) is 13.1 Å². The van der Waals surface area contributed by atoms with Crippen LogP contribution in [-0.2, 0) is 0 Å². The molecule has 0 radical (unpaired) electrons. The molecule has 5 nitrogen and oxygen atoms in total. The first kappa shape index (κ1) is 12.5. The number of nitriles is 1. The molecule has 1 aromatic carbocycles. The molecular formula is C14H14FN5. The summed E-state index contributed by atoms with van der Waals surface area (Å²) >= 11 is 0. The maximum Gasteiger partial charge on any atom is 0.171 e. The lowest BCUT2D eigenvalue weighted by molar-refractivity contribution is 0.627. The molecule has 1 aromatic heterocycles. The van der Waals surface area contributed by atoms with Crippen molar-refractivity contribution < 1.29 is 4.39 Å². The van der Waals surface area contributed by atoms with Gasteiger partial charge in [-0.2, -0.15) is 5.26 Å². The zero-order chi connectivity index (χ0) is 14.1. The Kier molecular flexibility index (Phi) is 3.03. The fraction of sp³-hybridized carbons (Fsp3) is 0.286. The fourth-order valence-corrected chi connectivity index (χ4v) is 2.46. The van der Waals surface area contributed by atoms with Gasteiger partial charge in [-0.1, -0.05) is 0 Å². The molecule has 0 aliphatic carbocycles. The van der Waals surface area contributed by atoms with Gasteiger partial charge in [-0.3, -0.25) is 0 Å². The maximum absolute atomic E-state index is 13.0. The van der Waals surface area contributed by atoms with Crippen molar-refractivity contribution in [3.8, 4) is 11.8 Å². The Bertz CT molecular complexity index is 662. The standard InChI is InChI=1S/C14H14FN5/c15-10-3-5-11(6-4-10)20-13(17)12(9-16)14(18-20)19-7-1-2-8-19/h3-6H,1-2,7-8,17H2. The molecule has 0 amide bonds. The van der Waals surface area contributed by atoms with Gasteiger partial charge in [-0.15, -0.1) is 5.10 Å². The summed E-state index contributed by atoms with van der Waals surface area (Å²) in [6.45, 7) is 1.77. The molecule has 2 N–H and O–H groups in total. The van der Waals surface area contributed by atoms with E-state index >= 15 is 0 Å². The third-order valence-electron chi connectivity index (χ3n) is 3.49. The highest BCUT2D eigenvalue weighted by atomic mass is 19.1. The van der Waals surface area contributed by atoms with Crippen LogP contribution in [0.5, 0.6) is 0 Å². The summed E-state index contributed by atoms with van der Waals surface area (Å²) < 4.78 is 14.5. The largest absolute Gasteiger partial charge is 0.382 e. The summed E-state index contributed by atoms with van der Waals surface area (Å²) in [5.41, 5.74) is 7.04. The van der Waals surface area contributed by atoms with Crippen LogP contribution in [0.4, 0.5) is 16.0 Å². The second kappa shape index (κ2) is 4.85. The van der Waals surface area contributed by atoms with Crippen molar-refractivity contribution in [1.29, 1.82) is 5.26 Å². The van der Waals surface area contributed by atoms with E-state index in [1.807, 2.05) is 0 Å². The van der Waals surface area contributed by atoms with Crippen molar-refractivity contribution in [2.45, 2.75) is 12.8 Å². The zero-order valence-corrected chi connectivity index (χ0v) is 10.9. The minimum absolute atomic E-state index is 0.293. The lowest BCUT2D eigenvalue weighted by Crippen LogP contribution is -2.19. The van der Waals surface area contributed by atoms with E-state index < -0.39 is 0 Å². The molecule has 2 aromatic rings. The Morgan fingerprint density at radius 2 is 1.85 bits per heavy atom. The highest BCUT2D eigenvalue weighted by Crippen LogP contribution is 2.29. The first-order valence-corrected chi connectivity index (χ1v) is 6.50. The summed E-state index contributed by atoms with van der Waals surface area (Å²) in [6.07, 6.45) is 2.18. The maximum atomic E-state index is 13.0. The highest BCUT2D eigenvalue weighted by Gasteiger charge is 2.23. The van der Waals surface area contributed by atoms with Gasteiger partial charge >= 0.3 is 0 Å². The number of anilines is 2. The van der Waals surface area contributed by atoms with Crippen LogP contribution in [0, 0.1) is 17.1 Å². The second-order valence-electron chi connectivity index (χ2n) is 4.78. The van der Waals surface area contributed by atoms with E-state index in [0.29, 0.717) is 22.9 Å². The smallest absolute Gasteiger partial charge is 0.171 e. The van der Waals surface area contributed by atoms with Gasteiger partial charge < -0.3 is 10.6 Å². The zero-order valence-electron chi connectivity index (χ0n) is 10.9. The summed E-state index contributed by atoms with van der Waals surface area (Å²) in [4.78, 5) is 2.06. The molecular weight excluding hydrogens is 257 g/mol. The van der Waals surface area contributed by atoms with Gasteiger partial charge in [0.05, 0.1) is 5.69 Å². The van der Waals surface area contributed by atoms with Crippen molar-refractivity contribution in [2.24, 2.45) is 0 Å². The molecule has 20 heavy (non-hydrogen) atoms. The van der Waals surface area contributed by atoms with Crippen LogP contribution in [0.2, 0.25) is 0 Å². The Balaban J connectivity index is 2.08. The molecule has 1 aliphatic rings. The van der Waals surface area contributed by atoms with Gasteiger partial charge in [-0.05, 0) is 37.1 Å². The van der Waals surface area contributed by atoms with E-state index in [9.17, 15) is 9.65 Å². The molecule has 2 heterocycles. The number of rotatable bonds is 2. The Hall–Kier alpha value is -2.55. The number of benzene rings is 1. The van der Waals surface area contributed by atoms with E-state index in [0.717, 1.165) is 25.9 Å². The van der Waals surface area contributed by atoms with Gasteiger partial charge in [0.15, 0.2) is 5.82 Å². The SMILES string of the molecule is N#Cc1c(N2CCCC2)nn(-c2ccc(F)cc2)c1N. The van der Waals surface area contributed by atoms with Gasteiger partial charge in [0.1, 0.15) is 23.3 Å². The summed E-state index contributed by atoms with van der Waals surface area (Å²) in [7, 11) is 0. The van der Waals surface area contributed by atoms with Crippen LogP contribution in [-0.4, -0.2) is 22.9 Å². The lowest BCUT2D eigenvalue weighted by Gasteiger charge is -2.13. The highest BCUT2D eigenvalue weighted by molar-refractivity contribution is 5.67. The average Bonchev–Trinajstić information content (AvgIpc) is 3.07. The summed E-state index contributed by atoms with van der Waals surface area (Å²) in [5, 5.41) is 13.7. The Labute approximate surface area is 116 Å². The third kappa shape index (κ3) is 1.97. The van der Waals surface area contributed by atoms with Crippen LogP contribution in [0.1, 0.15) is 18.4 Å². The molecule has 1 aliphatic heterocycles. The van der Waals surface area contributed by atoms with Crippen LogP contribution >= 0.6 is 0 Å². The van der Waals surface area contributed by atoms with Crippen molar-refractivity contribution >= 4 is 11.6 Å². The molecule has 0 unspecified atom stereocenters. The molecule has 6 heteroatoms. The number of nitrogens with zero attached hydrogens (tertiary/aromatic N) is 4. The summed E-state index contributed by atoms with van der Waals surface area (Å²) in [5.74, 6) is 0.590.